The maximum atomic E-state index is 12.5. The van der Waals surface area contributed by atoms with Crippen LogP contribution >= 0.6 is 11.6 Å². The van der Waals surface area contributed by atoms with Crippen LogP contribution in [-0.2, 0) is 10.2 Å². The van der Waals surface area contributed by atoms with Gasteiger partial charge in [-0.1, -0.05) is 23.7 Å². The number of rotatable bonds is 4. The molecule has 1 aromatic carbocycles. The van der Waals surface area contributed by atoms with E-state index in [1.165, 1.54) is 12.8 Å². The molecular formula is C16H21ClN2O. The number of hydrogen-bond acceptors (Lipinski definition) is 2. The molecule has 1 N–H and O–H groups in total. The summed E-state index contributed by atoms with van der Waals surface area (Å²) in [7, 11) is 2.13. The van der Waals surface area contributed by atoms with E-state index in [1.807, 2.05) is 24.3 Å². The molecule has 20 heavy (non-hydrogen) atoms. The number of likely N-dealkylation sites (N-methyl/N-ethyl adjacent to an activating group) is 1. The van der Waals surface area contributed by atoms with Gasteiger partial charge in [-0.25, -0.2) is 0 Å². The van der Waals surface area contributed by atoms with Gasteiger partial charge in [0.25, 0.3) is 0 Å². The van der Waals surface area contributed by atoms with Gasteiger partial charge in [-0.2, -0.15) is 0 Å². The Morgan fingerprint density at radius 2 is 2.30 bits per heavy atom. The van der Waals surface area contributed by atoms with Gasteiger partial charge in [-0.05, 0) is 57.0 Å². The number of carbonyl (C=O) groups excluding carboxylic acids is 1. The molecule has 1 saturated heterocycles. The minimum absolute atomic E-state index is 0.167. The van der Waals surface area contributed by atoms with Gasteiger partial charge in [0, 0.05) is 17.6 Å². The number of likely N-dealkylation sites (tertiary alicyclic amines) is 1. The van der Waals surface area contributed by atoms with Crippen molar-refractivity contribution in [3.63, 3.8) is 0 Å². The van der Waals surface area contributed by atoms with E-state index in [-0.39, 0.29) is 11.3 Å². The molecular weight excluding hydrogens is 272 g/mol. The summed E-state index contributed by atoms with van der Waals surface area (Å²) in [5.41, 5.74) is 0.740. The van der Waals surface area contributed by atoms with E-state index in [0.29, 0.717) is 11.1 Å². The number of amides is 1. The Morgan fingerprint density at radius 3 is 2.90 bits per heavy atom. The molecule has 3 nitrogen and oxygen atoms in total. The normalized spacial score (nSPS) is 24.6. The van der Waals surface area contributed by atoms with E-state index in [4.69, 9.17) is 11.6 Å². The predicted molar refractivity (Wildman–Crippen MR) is 81.0 cm³/mol. The van der Waals surface area contributed by atoms with Crippen LogP contribution in [0.2, 0.25) is 5.02 Å². The predicted octanol–water partition coefficient (Wildman–Crippen LogP) is 2.58. The Bertz CT molecular complexity index is 513. The Kier molecular flexibility index (Phi) is 3.74. The highest BCUT2D eigenvalue weighted by atomic mass is 35.5. The molecule has 0 unspecified atom stereocenters. The van der Waals surface area contributed by atoms with Crippen LogP contribution in [0.15, 0.2) is 24.3 Å². The zero-order valence-corrected chi connectivity index (χ0v) is 12.6. The molecule has 0 radical (unpaired) electrons. The lowest BCUT2D eigenvalue weighted by atomic mass is 9.95. The molecule has 1 amide bonds. The van der Waals surface area contributed by atoms with E-state index >= 15 is 0 Å². The van der Waals surface area contributed by atoms with E-state index < -0.39 is 0 Å². The van der Waals surface area contributed by atoms with Gasteiger partial charge in [-0.15, -0.1) is 0 Å². The van der Waals surface area contributed by atoms with E-state index in [1.54, 1.807) is 0 Å². The lowest BCUT2D eigenvalue weighted by Crippen LogP contribution is -2.42. The van der Waals surface area contributed by atoms with Crippen LogP contribution in [0.5, 0.6) is 0 Å². The molecule has 1 aliphatic carbocycles. The van der Waals surface area contributed by atoms with Crippen molar-refractivity contribution in [2.75, 3.05) is 20.1 Å². The number of halogens is 1. The van der Waals surface area contributed by atoms with E-state index in [2.05, 4.69) is 17.3 Å². The molecule has 0 aromatic heterocycles. The fraction of sp³-hybridized carbons (Fsp3) is 0.562. The lowest BCUT2D eigenvalue weighted by Gasteiger charge is -2.22. The van der Waals surface area contributed by atoms with Gasteiger partial charge in [-0.3, -0.25) is 4.79 Å². The topological polar surface area (TPSA) is 32.3 Å². The highest BCUT2D eigenvalue weighted by molar-refractivity contribution is 6.30. The van der Waals surface area contributed by atoms with Crippen LogP contribution in [0, 0.1) is 0 Å². The van der Waals surface area contributed by atoms with Gasteiger partial charge >= 0.3 is 0 Å². The maximum absolute atomic E-state index is 12.5. The second-order valence-electron chi connectivity index (χ2n) is 6.08. The van der Waals surface area contributed by atoms with Crippen LogP contribution < -0.4 is 5.32 Å². The molecule has 3 rings (SSSR count). The minimum atomic E-state index is -0.317. The van der Waals surface area contributed by atoms with E-state index in [0.717, 1.165) is 31.5 Å². The Hall–Kier alpha value is -1.06. The first-order valence-electron chi connectivity index (χ1n) is 7.36. The molecule has 1 aliphatic heterocycles. The van der Waals surface area contributed by atoms with Gasteiger partial charge in [0.05, 0.1) is 5.41 Å². The third-order valence-electron chi connectivity index (χ3n) is 4.73. The van der Waals surface area contributed by atoms with Crippen molar-refractivity contribution in [3.05, 3.63) is 34.9 Å². The van der Waals surface area contributed by atoms with Gasteiger partial charge in [0.1, 0.15) is 0 Å². The van der Waals surface area contributed by atoms with Crippen molar-refractivity contribution in [2.45, 2.75) is 37.1 Å². The van der Waals surface area contributed by atoms with Gasteiger partial charge in [0.15, 0.2) is 0 Å². The number of nitrogens with one attached hydrogen (secondary N) is 1. The average molecular weight is 293 g/mol. The van der Waals surface area contributed by atoms with Crippen LogP contribution in [0.25, 0.3) is 0 Å². The molecule has 0 bridgehead atoms. The summed E-state index contributed by atoms with van der Waals surface area (Å²) >= 11 is 6.04. The Morgan fingerprint density at radius 1 is 1.50 bits per heavy atom. The molecule has 4 heteroatoms. The summed E-state index contributed by atoms with van der Waals surface area (Å²) in [6.45, 7) is 1.90. The highest BCUT2D eigenvalue weighted by Gasteiger charge is 2.51. The van der Waals surface area contributed by atoms with Crippen molar-refractivity contribution in [1.29, 1.82) is 0 Å². The highest BCUT2D eigenvalue weighted by Crippen LogP contribution is 2.48. The molecule has 2 aliphatic rings. The van der Waals surface area contributed by atoms with Crippen molar-refractivity contribution in [2.24, 2.45) is 0 Å². The third kappa shape index (κ3) is 2.57. The second kappa shape index (κ2) is 5.38. The molecule has 2 fully saturated rings. The number of nitrogens with zero attached hydrogens (tertiary/aromatic N) is 1. The standard InChI is InChI=1S/C16H21ClN2O/c1-19-9-3-6-14(19)11-18-15(20)16(7-8-16)12-4-2-5-13(17)10-12/h2,4-5,10,14H,3,6-9,11H2,1H3,(H,18,20)/t14-/m1/s1. The molecule has 1 atom stereocenters. The molecule has 0 spiro atoms. The summed E-state index contributed by atoms with van der Waals surface area (Å²) in [6, 6.07) is 8.22. The van der Waals surface area contributed by atoms with Crippen molar-refractivity contribution in [3.8, 4) is 0 Å². The largest absolute Gasteiger partial charge is 0.354 e. The fourth-order valence-electron chi connectivity index (χ4n) is 3.17. The van der Waals surface area contributed by atoms with Crippen LogP contribution in [-0.4, -0.2) is 37.0 Å². The van der Waals surface area contributed by atoms with E-state index in [9.17, 15) is 4.79 Å². The molecule has 1 saturated carbocycles. The van der Waals surface area contributed by atoms with Crippen molar-refractivity contribution >= 4 is 17.5 Å². The van der Waals surface area contributed by atoms with Crippen molar-refractivity contribution in [1.82, 2.24) is 10.2 Å². The summed E-state index contributed by atoms with van der Waals surface area (Å²) in [5.74, 6) is 0.167. The number of hydrogen-bond donors (Lipinski definition) is 1. The summed E-state index contributed by atoms with van der Waals surface area (Å²) in [5, 5.41) is 3.86. The van der Waals surface area contributed by atoms with Gasteiger partial charge < -0.3 is 10.2 Å². The minimum Gasteiger partial charge on any atom is -0.354 e. The van der Waals surface area contributed by atoms with Crippen LogP contribution in [0.1, 0.15) is 31.2 Å². The zero-order chi connectivity index (χ0) is 14.2. The number of benzene rings is 1. The fourth-order valence-corrected chi connectivity index (χ4v) is 3.37. The molecule has 108 valence electrons. The second-order valence-corrected chi connectivity index (χ2v) is 6.52. The third-order valence-corrected chi connectivity index (χ3v) is 4.97. The van der Waals surface area contributed by atoms with Crippen LogP contribution in [0.3, 0.4) is 0 Å². The Labute approximate surface area is 125 Å². The lowest BCUT2D eigenvalue weighted by molar-refractivity contribution is -0.123. The molecule has 1 aromatic rings. The van der Waals surface area contributed by atoms with Gasteiger partial charge in [0.2, 0.25) is 5.91 Å². The summed E-state index contributed by atoms with van der Waals surface area (Å²) in [6.07, 6.45) is 4.27. The SMILES string of the molecule is CN1CCC[C@@H]1CNC(=O)C1(c2cccc(Cl)c2)CC1. The zero-order valence-electron chi connectivity index (χ0n) is 11.9. The smallest absolute Gasteiger partial charge is 0.230 e. The monoisotopic (exact) mass is 292 g/mol. The average Bonchev–Trinajstić information content (AvgIpc) is 3.15. The summed E-state index contributed by atoms with van der Waals surface area (Å²) in [4.78, 5) is 14.9. The maximum Gasteiger partial charge on any atom is 0.230 e. The quantitative estimate of drug-likeness (QED) is 0.925. The first-order valence-corrected chi connectivity index (χ1v) is 7.74. The molecule has 1 heterocycles. The summed E-state index contributed by atoms with van der Waals surface area (Å²) < 4.78 is 0. The first-order chi connectivity index (χ1) is 9.62. The Balaban J connectivity index is 1.64. The number of carbonyl (C=O) groups is 1. The first kappa shape index (κ1) is 13.9. The van der Waals surface area contributed by atoms with Crippen molar-refractivity contribution < 1.29 is 4.79 Å². The van der Waals surface area contributed by atoms with Crippen LogP contribution in [0.4, 0.5) is 0 Å².